The largest absolute Gasteiger partial charge is 0.493 e. The van der Waals surface area contributed by atoms with Crippen molar-refractivity contribution in [3.63, 3.8) is 0 Å². The predicted molar refractivity (Wildman–Crippen MR) is 114 cm³/mol. The van der Waals surface area contributed by atoms with E-state index in [1.165, 1.54) is 7.11 Å². The quantitative estimate of drug-likeness (QED) is 0.612. The third-order valence-corrected chi connectivity index (χ3v) is 4.70. The molecule has 0 saturated carbocycles. The fraction of sp³-hybridized carbons (Fsp3) is 0.364. The Morgan fingerprint density at radius 1 is 0.933 bits per heavy atom. The lowest BCUT2D eigenvalue weighted by atomic mass is 10.1. The van der Waals surface area contributed by atoms with Crippen LogP contribution in [0.2, 0.25) is 0 Å². The van der Waals surface area contributed by atoms with Gasteiger partial charge in [0.05, 0.1) is 32.9 Å². The van der Waals surface area contributed by atoms with Crippen LogP contribution in [0.4, 0.5) is 4.79 Å². The third kappa shape index (κ3) is 6.12. The number of amides is 2. The number of methoxy groups -OCH3 is 3. The van der Waals surface area contributed by atoms with Gasteiger partial charge >= 0.3 is 12.0 Å². The van der Waals surface area contributed by atoms with Crippen molar-refractivity contribution in [3.8, 4) is 11.5 Å². The molecule has 0 bridgehead atoms. The number of carbonyl (C=O) groups excluding carboxylic acids is 2. The SMILES string of the molecule is COC(=O)c1ccc(CNC(=O)NCC(c2ccc(OC)c(OC)c2)N(C)C)cc1. The van der Waals surface area contributed by atoms with Gasteiger partial charge in [-0.2, -0.15) is 0 Å². The maximum atomic E-state index is 12.3. The highest BCUT2D eigenvalue weighted by molar-refractivity contribution is 5.89. The van der Waals surface area contributed by atoms with Crippen LogP contribution in [0.25, 0.3) is 0 Å². The monoisotopic (exact) mass is 415 g/mol. The van der Waals surface area contributed by atoms with Crippen LogP contribution in [0.5, 0.6) is 11.5 Å². The Balaban J connectivity index is 1.93. The van der Waals surface area contributed by atoms with Gasteiger partial charge in [-0.1, -0.05) is 18.2 Å². The number of rotatable bonds is 9. The predicted octanol–water partition coefficient (Wildman–Crippen LogP) is 2.59. The van der Waals surface area contributed by atoms with E-state index in [4.69, 9.17) is 9.47 Å². The van der Waals surface area contributed by atoms with Gasteiger partial charge in [0.25, 0.3) is 0 Å². The highest BCUT2D eigenvalue weighted by atomic mass is 16.5. The maximum Gasteiger partial charge on any atom is 0.337 e. The zero-order chi connectivity index (χ0) is 22.1. The fourth-order valence-electron chi connectivity index (χ4n) is 2.97. The molecule has 0 radical (unpaired) electrons. The van der Waals surface area contributed by atoms with Crippen molar-refractivity contribution in [2.75, 3.05) is 42.0 Å². The molecule has 2 aromatic rings. The van der Waals surface area contributed by atoms with E-state index in [-0.39, 0.29) is 12.1 Å². The smallest absolute Gasteiger partial charge is 0.337 e. The summed E-state index contributed by atoms with van der Waals surface area (Å²) in [4.78, 5) is 25.7. The Hall–Kier alpha value is -3.26. The lowest BCUT2D eigenvalue weighted by molar-refractivity contribution is 0.0600. The second-order valence-electron chi connectivity index (χ2n) is 6.85. The topological polar surface area (TPSA) is 89.1 Å². The number of benzene rings is 2. The van der Waals surface area contributed by atoms with E-state index in [2.05, 4.69) is 15.4 Å². The number of hydrogen-bond donors (Lipinski definition) is 2. The molecular weight excluding hydrogens is 386 g/mol. The highest BCUT2D eigenvalue weighted by Gasteiger charge is 2.17. The van der Waals surface area contributed by atoms with Crippen molar-refractivity contribution in [1.29, 1.82) is 0 Å². The van der Waals surface area contributed by atoms with Crippen LogP contribution in [0.15, 0.2) is 42.5 Å². The van der Waals surface area contributed by atoms with Gasteiger partial charge in [-0.25, -0.2) is 9.59 Å². The Morgan fingerprint density at radius 3 is 2.17 bits per heavy atom. The molecular formula is C22H29N3O5. The first-order valence-electron chi connectivity index (χ1n) is 9.46. The van der Waals surface area contributed by atoms with Gasteiger partial charge in [-0.3, -0.25) is 0 Å². The van der Waals surface area contributed by atoms with E-state index >= 15 is 0 Å². The van der Waals surface area contributed by atoms with Crippen molar-refractivity contribution in [2.45, 2.75) is 12.6 Å². The van der Waals surface area contributed by atoms with Crippen LogP contribution in [0.1, 0.15) is 27.5 Å². The average molecular weight is 415 g/mol. The van der Waals surface area contributed by atoms with Crippen LogP contribution >= 0.6 is 0 Å². The number of ether oxygens (including phenoxy) is 3. The summed E-state index contributed by atoms with van der Waals surface area (Å²) < 4.78 is 15.3. The molecule has 8 nitrogen and oxygen atoms in total. The summed E-state index contributed by atoms with van der Waals surface area (Å²) in [5, 5.41) is 5.72. The Morgan fingerprint density at radius 2 is 1.60 bits per heavy atom. The molecule has 0 spiro atoms. The molecule has 2 rings (SSSR count). The van der Waals surface area contributed by atoms with Gasteiger partial charge in [-0.05, 0) is 49.5 Å². The molecule has 1 unspecified atom stereocenters. The Kier molecular flexibility index (Phi) is 8.49. The summed E-state index contributed by atoms with van der Waals surface area (Å²) >= 11 is 0. The van der Waals surface area contributed by atoms with Gasteiger partial charge in [0, 0.05) is 13.1 Å². The molecule has 0 heterocycles. The molecule has 1 atom stereocenters. The van der Waals surface area contributed by atoms with E-state index in [0.29, 0.717) is 30.2 Å². The summed E-state index contributed by atoms with van der Waals surface area (Å²) in [6, 6.07) is 12.3. The van der Waals surface area contributed by atoms with Crippen LogP contribution < -0.4 is 20.1 Å². The number of nitrogens with zero attached hydrogens (tertiary/aromatic N) is 1. The molecule has 2 aromatic carbocycles. The molecule has 0 aliphatic rings. The second-order valence-corrected chi connectivity index (χ2v) is 6.85. The number of hydrogen-bond acceptors (Lipinski definition) is 6. The van der Waals surface area contributed by atoms with Gasteiger partial charge in [0.15, 0.2) is 11.5 Å². The molecule has 0 aromatic heterocycles. The number of carbonyl (C=O) groups is 2. The molecule has 2 N–H and O–H groups in total. The van der Waals surface area contributed by atoms with E-state index < -0.39 is 5.97 Å². The number of nitrogens with one attached hydrogen (secondary N) is 2. The molecule has 30 heavy (non-hydrogen) atoms. The third-order valence-electron chi connectivity index (χ3n) is 4.70. The van der Waals surface area contributed by atoms with E-state index in [1.54, 1.807) is 38.5 Å². The highest BCUT2D eigenvalue weighted by Crippen LogP contribution is 2.31. The molecule has 8 heteroatoms. The van der Waals surface area contributed by atoms with E-state index in [1.807, 2.05) is 37.2 Å². The molecule has 0 saturated heterocycles. The zero-order valence-electron chi connectivity index (χ0n) is 18.0. The summed E-state index contributed by atoms with van der Waals surface area (Å²) in [6.45, 7) is 0.756. The van der Waals surface area contributed by atoms with Crippen LogP contribution in [0, 0.1) is 0 Å². The Bertz CT molecular complexity index is 852. The van der Waals surface area contributed by atoms with Gasteiger partial charge < -0.3 is 29.7 Å². The summed E-state index contributed by atoms with van der Waals surface area (Å²) in [5.41, 5.74) is 2.34. The molecule has 0 aliphatic carbocycles. The standard InChI is InChI=1S/C22H29N3O5/c1-25(2)18(17-10-11-19(28-3)20(12-17)29-4)14-24-22(27)23-13-15-6-8-16(9-7-15)21(26)30-5/h6-12,18H,13-14H2,1-5H3,(H2,23,24,27). The fourth-order valence-corrected chi connectivity index (χ4v) is 2.97. The normalized spacial score (nSPS) is 11.5. The minimum absolute atomic E-state index is 0.0464. The van der Waals surface area contributed by atoms with Crippen molar-refractivity contribution >= 4 is 12.0 Å². The van der Waals surface area contributed by atoms with Crippen molar-refractivity contribution in [3.05, 3.63) is 59.2 Å². The van der Waals surface area contributed by atoms with Crippen LogP contribution in [-0.4, -0.2) is 58.9 Å². The number of likely N-dealkylation sites (N-methyl/N-ethyl adjacent to an activating group) is 1. The van der Waals surface area contributed by atoms with E-state index in [9.17, 15) is 9.59 Å². The maximum absolute atomic E-state index is 12.3. The zero-order valence-corrected chi connectivity index (χ0v) is 18.0. The first-order chi connectivity index (χ1) is 14.4. The first kappa shape index (κ1) is 23.0. The van der Waals surface area contributed by atoms with Gasteiger partial charge in [0.2, 0.25) is 0 Å². The Labute approximate surface area is 177 Å². The molecule has 0 fully saturated rings. The lowest BCUT2D eigenvalue weighted by Crippen LogP contribution is -2.40. The minimum atomic E-state index is -0.392. The molecule has 2 amide bonds. The molecule has 0 aliphatic heterocycles. The number of esters is 1. The summed E-state index contributed by atoms with van der Waals surface area (Å²) in [6.07, 6.45) is 0. The van der Waals surface area contributed by atoms with Crippen molar-refractivity contribution in [2.24, 2.45) is 0 Å². The number of urea groups is 1. The first-order valence-corrected chi connectivity index (χ1v) is 9.46. The van der Waals surface area contributed by atoms with Crippen molar-refractivity contribution < 1.29 is 23.8 Å². The van der Waals surface area contributed by atoms with Crippen LogP contribution in [0.3, 0.4) is 0 Å². The summed E-state index contributed by atoms with van der Waals surface area (Å²) in [5.74, 6) is 0.904. The van der Waals surface area contributed by atoms with E-state index in [0.717, 1.165) is 11.1 Å². The van der Waals surface area contributed by atoms with Gasteiger partial charge in [0.1, 0.15) is 0 Å². The molecule has 162 valence electrons. The minimum Gasteiger partial charge on any atom is -0.493 e. The second kappa shape index (κ2) is 11.1. The lowest BCUT2D eigenvalue weighted by Gasteiger charge is -2.26. The van der Waals surface area contributed by atoms with Gasteiger partial charge in [-0.15, -0.1) is 0 Å². The average Bonchev–Trinajstić information content (AvgIpc) is 2.77. The van der Waals surface area contributed by atoms with Crippen LogP contribution in [-0.2, 0) is 11.3 Å². The van der Waals surface area contributed by atoms with Crippen molar-refractivity contribution in [1.82, 2.24) is 15.5 Å². The summed E-state index contributed by atoms with van der Waals surface area (Å²) in [7, 11) is 8.42.